The van der Waals surface area contributed by atoms with Gasteiger partial charge in [-0.3, -0.25) is 4.98 Å². The average molecular weight is 336 g/mol. The number of hydrogen-bond donors (Lipinski definition) is 3. The molecule has 2 atom stereocenters. The predicted octanol–water partition coefficient (Wildman–Crippen LogP) is 3.29. The van der Waals surface area contributed by atoms with E-state index in [2.05, 4.69) is 20.2 Å². The summed E-state index contributed by atoms with van der Waals surface area (Å²) >= 11 is 5.59. The van der Waals surface area contributed by atoms with Crippen LogP contribution in [-0.2, 0) is 0 Å². The number of benzene rings is 1. The summed E-state index contributed by atoms with van der Waals surface area (Å²) in [6.07, 6.45) is 3.69. The summed E-state index contributed by atoms with van der Waals surface area (Å²) in [5.41, 5.74) is 2.90. The molecule has 1 aliphatic heterocycles. The lowest BCUT2D eigenvalue weighted by atomic mass is 10.0. The van der Waals surface area contributed by atoms with Crippen molar-refractivity contribution in [1.29, 1.82) is 0 Å². The third kappa shape index (κ3) is 2.51. The van der Waals surface area contributed by atoms with Gasteiger partial charge in [0.1, 0.15) is 11.8 Å². The van der Waals surface area contributed by atoms with E-state index >= 15 is 0 Å². The third-order valence-corrected chi connectivity index (χ3v) is 4.48. The molecular weight excluding hydrogens is 320 g/mol. The van der Waals surface area contributed by atoms with Crippen molar-refractivity contribution in [3.05, 3.63) is 78.4 Å². The molecule has 0 bridgehead atoms. The Morgan fingerprint density at radius 1 is 1.04 bits per heavy atom. The Morgan fingerprint density at radius 3 is 2.54 bits per heavy atom. The number of pyridine rings is 1. The minimum atomic E-state index is -0.0637. The van der Waals surface area contributed by atoms with Crippen LogP contribution in [0.5, 0.6) is 5.75 Å². The fourth-order valence-electron chi connectivity index (χ4n) is 3.09. The largest absolute Gasteiger partial charge is 0.508 e. The van der Waals surface area contributed by atoms with Gasteiger partial charge in [-0.25, -0.2) is 0 Å². The van der Waals surface area contributed by atoms with Crippen molar-refractivity contribution in [3.8, 4) is 5.75 Å². The first-order valence-corrected chi connectivity index (χ1v) is 8.08. The standard InChI is InChI=1S/C18H16N4OS/c23-13-8-6-12(7-9-13)22-17(15-5-3-11-20-15)16(21-18(22)24)14-4-1-2-10-19-14/h1-11,16-17,20,23H,(H,21,24)/t16-,17-/m1/s1. The number of hydrogen-bond acceptors (Lipinski definition) is 3. The molecule has 3 aromatic rings. The molecule has 2 aromatic heterocycles. The third-order valence-electron chi connectivity index (χ3n) is 4.17. The highest BCUT2D eigenvalue weighted by molar-refractivity contribution is 7.80. The van der Waals surface area contributed by atoms with Crippen molar-refractivity contribution >= 4 is 23.0 Å². The van der Waals surface area contributed by atoms with E-state index in [4.69, 9.17) is 12.2 Å². The highest BCUT2D eigenvalue weighted by Crippen LogP contribution is 2.40. The zero-order valence-electron chi connectivity index (χ0n) is 12.8. The van der Waals surface area contributed by atoms with Gasteiger partial charge in [-0.1, -0.05) is 6.07 Å². The maximum Gasteiger partial charge on any atom is 0.174 e. The second-order valence-corrected chi connectivity index (χ2v) is 6.03. The molecule has 4 rings (SSSR count). The van der Waals surface area contributed by atoms with Crippen LogP contribution in [0.15, 0.2) is 67.0 Å². The number of H-pyrrole nitrogens is 1. The molecule has 0 spiro atoms. The lowest BCUT2D eigenvalue weighted by Gasteiger charge is -2.27. The van der Waals surface area contributed by atoms with Crippen LogP contribution in [0.3, 0.4) is 0 Å². The van der Waals surface area contributed by atoms with E-state index in [1.54, 1.807) is 18.3 Å². The number of nitrogens with zero attached hydrogens (tertiary/aromatic N) is 2. The number of phenolic OH excluding ortho intramolecular Hbond substituents is 1. The molecule has 24 heavy (non-hydrogen) atoms. The van der Waals surface area contributed by atoms with Crippen molar-refractivity contribution in [2.24, 2.45) is 0 Å². The van der Waals surface area contributed by atoms with Gasteiger partial charge in [0, 0.05) is 23.8 Å². The van der Waals surface area contributed by atoms with Crippen molar-refractivity contribution in [2.45, 2.75) is 12.1 Å². The van der Waals surface area contributed by atoms with Crippen LogP contribution in [0, 0.1) is 0 Å². The van der Waals surface area contributed by atoms with Gasteiger partial charge in [0.15, 0.2) is 5.11 Å². The Kier molecular flexibility index (Phi) is 3.66. The van der Waals surface area contributed by atoms with Crippen LogP contribution in [0.4, 0.5) is 5.69 Å². The lowest BCUT2D eigenvalue weighted by molar-refractivity contribution is 0.475. The van der Waals surface area contributed by atoms with Gasteiger partial charge in [-0.2, -0.15) is 0 Å². The van der Waals surface area contributed by atoms with Crippen molar-refractivity contribution < 1.29 is 5.11 Å². The first kappa shape index (κ1) is 14.7. The number of rotatable bonds is 3. The monoisotopic (exact) mass is 336 g/mol. The molecule has 3 N–H and O–H groups in total. The van der Waals surface area contributed by atoms with Gasteiger partial charge in [-0.15, -0.1) is 0 Å². The lowest BCUT2D eigenvalue weighted by Crippen LogP contribution is -2.29. The van der Waals surface area contributed by atoms with Crippen molar-refractivity contribution in [3.63, 3.8) is 0 Å². The first-order chi connectivity index (χ1) is 11.7. The summed E-state index contributed by atoms with van der Waals surface area (Å²) < 4.78 is 0. The van der Waals surface area contributed by atoms with Gasteiger partial charge < -0.3 is 20.3 Å². The Bertz CT molecular complexity index is 833. The summed E-state index contributed by atoms with van der Waals surface area (Å²) in [6, 6.07) is 16.8. The van der Waals surface area contributed by atoms with Crippen LogP contribution < -0.4 is 10.2 Å². The molecule has 120 valence electrons. The van der Waals surface area contributed by atoms with E-state index in [0.717, 1.165) is 17.1 Å². The summed E-state index contributed by atoms with van der Waals surface area (Å²) in [5.74, 6) is 0.231. The summed E-state index contributed by atoms with van der Waals surface area (Å²) in [4.78, 5) is 9.84. The van der Waals surface area contributed by atoms with Gasteiger partial charge in [-0.05, 0) is 60.7 Å². The van der Waals surface area contributed by atoms with Crippen molar-refractivity contribution in [1.82, 2.24) is 15.3 Å². The fraction of sp³-hybridized carbons (Fsp3) is 0.111. The van der Waals surface area contributed by atoms with Gasteiger partial charge in [0.25, 0.3) is 0 Å². The number of anilines is 1. The van der Waals surface area contributed by atoms with Crippen LogP contribution >= 0.6 is 12.2 Å². The molecule has 3 heterocycles. The summed E-state index contributed by atoms with van der Waals surface area (Å²) in [7, 11) is 0. The second kappa shape index (κ2) is 5.98. The Hall–Kier alpha value is -2.86. The molecule has 1 saturated heterocycles. The quantitative estimate of drug-likeness (QED) is 0.641. The van der Waals surface area contributed by atoms with E-state index in [1.807, 2.05) is 48.7 Å². The number of aromatic amines is 1. The average Bonchev–Trinajstić information content (AvgIpc) is 3.24. The predicted molar refractivity (Wildman–Crippen MR) is 96.8 cm³/mol. The number of aromatic hydroxyl groups is 1. The Balaban J connectivity index is 1.80. The van der Waals surface area contributed by atoms with Crippen LogP contribution in [0.25, 0.3) is 0 Å². The van der Waals surface area contributed by atoms with Crippen LogP contribution in [0.1, 0.15) is 23.5 Å². The fourth-order valence-corrected chi connectivity index (χ4v) is 3.44. The summed E-state index contributed by atoms with van der Waals surface area (Å²) in [6.45, 7) is 0. The molecule has 0 unspecified atom stereocenters. The second-order valence-electron chi connectivity index (χ2n) is 5.64. The minimum Gasteiger partial charge on any atom is -0.508 e. The topological polar surface area (TPSA) is 64.2 Å². The molecule has 0 amide bonds. The van der Waals surface area contributed by atoms with Gasteiger partial charge in [0.2, 0.25) is 0 Å². The molecule has 1 aromatic carbocycles. The zero-order chi connectivity index (χ0) is 16.5. The number of nitrogens with one attached hydrogen (secondary N) is 2. The Labute approximate surface area is 145 Å². The van der Waals surface area contributed by atoms with E-state index < -0.39 is 0 Å². The molecule has 0 aliphatic carbocycles. The molecule has 5 nitrogen and oxygen atoms in total. The molecule has 0 radical (unpaired) electrons. The van der Waals surface area contributed by atoms with E-state index in [9.17, 15) is 5.11 Å². The highest BCUT2D eigenvalue weighted by Gasteiger charge is 2.41. The first-order valence-electron chi connectivity index (χ1n) is 7.67. The maximum absolute atomic E-state index is 9.56. The zero-order valence-corrected chi connectivity index (χ0v) is 13.6. The van der Waals surface area contributed by atoms with E-state index in [1.165, 1.54) is 0 Å². The number of aromatic nitrogens is 2. The maximum atomic E-state index is 9.56. The molecular formula is C18H16N4OS. The van der Waals surface area contributed by atoms with Crippen LogP contribution in [0.2, 0.25) is 0 Å². The normalized spacial score (nSPS) is 20.2. The molecule has 1 fully saturated rings. The van der Waals surface area contributed by atoms with Gasteiger partial charge >= 0.3 is 0 Å². The molecule has 1 aliphatic rings. The SMILES string of the molecule is Oc1ccc(N2C(=S)N[C@H](c3ccccn3)[C@H]2c2ccc[nH]2)cc1. The van der Waals surface area contributed by atoms with E-state index in [0.29, 0.717) is 5.11 Å². The van der Waals surface area contributed by atoms with Crippen molar-refractivity contribution in [2.75, 3.05) is 4.90 Å². The molecule has 6 heteroatoms. The smallest absolute Gasteiger partial charge is 0.174 e. The number of phenols is 1. The highest BCUT2D eigenvalue weighted by atomic mass is 32.1. The minimum absolute atomic E-state index is 0.0491. The summed E-state index contributed by atoms with van der Waals surface area (Å²) in [5, 5.41) is 13.6. The Morgan fingerprint density at radius 2 is 1.88 bits per heavy atom. The number of thiocarbonyl (C=S) groups is 1. The van der Waals surface area contributed by atoms with Gasteiger partial charge in [0.05, 0.1) is 11.7 Å². The molecule has 0 saturated carbocycles. The van der Waals surface area contributed by atoms with E-state index in [-0.39, 0.29) is 17.8 Å². The van der Waals surface area contributed by atoms with Crippen LogP contribution in [-0.4, -0.2) is 20.2 Å².